The third kappa shape index (κ3) is 1.24. The van der Waals surface area contributed by atoms with Crippen molar-refractivity contribution in [1.29, 1.82) is 0 Å². The maximum atomic E-state index is 4.82. The minimum Gasteiger partial charge on any atom is -0.297 e. The van der Waals surface area contributed by atoms with Crippen LogP contribution in [0.2, 0.25) is 0 Å². The Kier molecular flexibility index (Phi) is 1.27. The lowest BCUT2D eigenvalue weighted by atomic mass is 10.3. The fourth-order valence-electron chi connectivity index (χ4n) is 0.352. The van der Waals surface area contributed by atoms with E-state index < -0.39 is 0 Å². The van der Waals surface area contributed by atoms with E-state index in [1.54, 1.807) is 7.05 Å². The molecule has 0 aromatic heterocycles. The van der Waals surface area contributed by atoms with Crippen molar-refractivity contribution in [2.45, 2.75) is 12.6 Å². The zero-order valence-electron chi connectivity index (χ0n) is 5.01. The first-order chi connectivity index (χ1) is 3.77. The molecular formula is C4H9N3O. The van der Waals surface area contributed by atoms with Crippen LogP contribution in [-0.2, 0) is 4.84 Å². The second kappa shape index (κ2) is 1.80. The molecule has 4 heteroatoms. The van der Waals surface area contributed by atoms with E-state index in [1.165, 1.54) is 0 Å². The smallest absolute Gasteiger partial charge is 0.213 e. The van der Waals surface area contributed by atoms with Crippen molar-refractivity contribution >= 4 is 0 Å². The highest BCUT2D eigenvalue weighted by molar-refractivity contribution is 4.87. The first-order valence-corrected chi connectivity index (χ1v) is 2.49. The number of hydrogen-bond donors (Lipinski definition) is 1. The summed E-state index contributed by atoms with van der Waals surface area (Å²) in [5, 5.41) is 7.46. The molecule has 1 N–H and O–H groups in total. The van der Waals surface area contributed by atoms with E-state index >= 15 is 0 Å². The second-order valence-corrected chi connectivity index (χ2v) is 1.91. The van der Waals surface area contributed by atoms with Gasteiger partial charge in [0.15, 0.2) is 0 Å². The molecule has 8 heavy (non-hydrogen) atoms. The lowest BCUT2D eigenvalue weighted by Gasteiger charge is -2.01. The standard InChI is InChI=1S/C4H9N3O/c1-4(6-7-4)3-8-5-2/h5H,3H2,1-2H3. The summed E-state index contributed by atoms with van der Waals surface area (Å²) in [4.78, 5) is 4.82. The van der Waals surface area contributed by atoms with Gasteiger partial charge in [0.1, 0.15) is 6.61 Å². The Morgan fingerprint density at radius 2 is 2.25 bits per heavy atom. The summed E-state index contributed by atoms with van der Waals surface area (Å²) in [6.45, 7) is 2.44. The maximum absolute atomic E-state index is 4.82. The van der Waals surface area contributed by atoms with E-state index in [2.05, 4.69) is 15.7 Å². The van der Waals surface area contributed by atoms with Gasteiger partial charge in [0.05, 0.1) is 0 Å². The lowest BCUT2D eigenvalue weighted by molar-refractivity contribution is 0.0422. The minimum absolute atomic E-state index is 0.233. The van der Waals surface area contributed by atoms with Crippen molar-refractivity contribution in [2.24, 2.45) is 10.2 Å². The number of rotatable bonds is 3. The van der Waals surface area contributed by atoms with Gasteiger partial charge in [0, 0.05) is 7.05 Å². The molecule has 0 spiro atoms. The molecule has 46 valence electrons. The van der Waals surface area contributed by atoms with Gasteiger partial charge in [-0.25, -0.2) is 5.48 Å². The molecule has 0 aromatic rings. The van der Waals surface area contributed by atoms with Crippen LogP contribution in [-0.4, -0.2) is 19.3 Å². The Morgan fingerprint density at radius 1 is 1.62 bits per heavy atom. The van der Waals surface area contributed by atoms with Crippen LogP contribution < -0.4 is 5.48 Å². The third-order valence-corrected chi connectivity index (χ3v) is 0.931. The quantitative estimate of drug-likeness (QED) is 0.538. The van der Waals surface area contributed by atoms with Gasteiger partial charge in [-0.1, -0.05) is 0 Å². The van der Waals surface area contributed by atoms with E-state index in [0.29, 0.717) is 6.61 Å². The molecule has 1 aliphatic heterocycles. The molecule has 0 fully saturated rings. The van der Waals surface area contributed by atoms with Gasteiger partial charge in [-0.3, -0.25) is 4.84 Å². The van der Waals surface area contributed by atoms with Gasteiger partial charge in [0.25, 0.3) is 0 Å². The van der Waals surface area contributed by atoms with Crippen LogP contribution in [0.4, 0.5) is 0 Å². The normalized spacial score (nSPS) is 21.2. The maximum Gasteiger partial charge on any atom is 0.213 e. The Labute approximate surface area is 47.9 Å². The lowest BCUT2D eigenvalue weighted by Crippen LogP contribution is -2.19. The molecule has 0 aromatic carbocycles. The van der Waals surface area contributed by atoms with Crippen molar-refractivity contribution in [3.8, 4) is 0 Å². The van der Waals surface area contributed by atoms with Crippen molar-refractivity contribution in [2.75, 3.05) is 13.7 Å². The van der Waals surface area contributed by atoms with Gasteiger partial charge in [-0.05, 0) is 6.92 Å². The van der Waals surface area contributed by atoms with E-state index in [9.17, 15) is 0 Å². The van der Waals surface area contributed by atoms with Crippen molar-refractivity contribution in [1.82, 2.24) is 5.48 Å². The Balaban J connectivity index is 2.03. The zero-order valence-corrected chi connectivity index (χ0v) is 5.01. The largest absolute Gasteiger partial charge is 0.297 e. The molecule has 0 amide bonds. The van der Waals surface area contributed by atoms with Gasteiger partial charge < -0.3 is 0 Å². The van der Waals surface area contributed by atoms with E-state index in [1.807, 2.05) is 6.92 Å². The van der Waals surface area contributed by atoms with Gasteiger partial charge in [0.2, 0.25) is 5.66 Å². The minimum atomic E-state index is -0.233. The average molecular weight is 115 g/mol. The molecule has 1 rings (SSSR count). The van der Waals surface area contributed by atoms with Crippen molar-refractivity contribution < 1.29 is 4.84 Å². The predicted molar refractivity (Wildman–Crippen MR) is 28.3 cm³/mol. The Morgan fingerprint density at radius 3 is 2.62 bits per heavy atom. The summed E-state index contributed by atoms with van der Waals surface area (Å²) in [7, 11) is 1.71. The molecule has 0 atom stereocenters. The van der Waals surface area contributed by atoms with Crippen LogP contribution in [0.15, 0.2) is 10.2 Å². The fourth-order valence-corrected chi connectivity index (χ4v) is 0.352. The molecule has 0 unspecified atom stereocenters. The van der Waals surface area contributed by atoms with Crippen LogP contribution in [0.3, 0.4) is 0 Å². The molecule has 1 aliphatic rings. The monoisotopic (exact) mass is 115 g/mol. The fraction of sp³-hybridized carbons (Fsp3) is 1.00. The van der Waals surface area contributed by atoms with Crippen LogP contribution in [0.5, 0.6) is 0 Å². The summed E-state index contributed by atoms with van der Waals surface area (Å²) in [6.07, 6.45) is 0. The highest BCUT2D eigenvalue weighted by atomic mass is 16.6. The van der Waals surface area contributed by atoms with Crippen molar-refractivity contribution in [3.05, 3.63) is 0 Å². The summed E-state index contributed by atoms with van der Waals surface area (Å²) in [5.74, 6) is 0. The van der Waals surface area contributed by atoms with Gasteiger partial charge in [-0.15, -0.1) is 0 Å². The van der Waals surface area contributed by atoms with Crippen LogP contribution in [0, 0.1) is 0 Å². The summed E-state index contributed by atoms with van der Waals surface area (Å²) < 4.78 is 0. The Hall–Kier alpha value is -0.480. The molecule has 0 aliphatic carbocycles. The summed E-state index contributed by atoms with van der Waals surface area (Å²) in [6, 6.07) is 0. The van der Waals surface area contributed by atoms with E-state index in [0.717, 1.165) is 0 Å². The summed E-state index contributed by atoms with van der Waals surface area (Å²) in [5.41, 5.74) is 2.31. The molecule has 0 saturated carbocycles. The first kappa shape index (κ1) is 5.65. The number of hydrogen-bond acceptors (Lipinski definition) is 4. The highest BCUT2D eigenvalue weighted by Gasteiger charge is 2.33. The highest BCUT2D eigenvalue weighted by Crippen LogP contribution is 2.26. The van der Waals surface area contributed by atoms with Crippen molar-refractivity contribution in [3.63, 3.8) is 0 Å². The van der Waals surface area contributed by atoms with Gasteiger partial charge in [-0.2, -0.15) is 10.2 Å². The topological polar surface area (TPSA) is 46.0 Å². The van der Waals surface area contributed by atoms with E-state index in [-0.39, 0.29) is 5.66 Å². The molecular weight excluding hydrogens is 106 g/mol. The van der Waals surface area contributed by atoms with Crippen LogP contribution in [0.25, 0.3) is 0 Å². The molecule has 4 nitrogen and oxygen atoms in total. The van der Waals surface area contributed by atoms with Gasteiger partial charge >= 0.3 is 0 Å². The predicted octanol–water partition coefficient (Wildman–Crippen LogP) is 0.319. The molecule has 0 saturated heterocycles. The summed E-state index contributed by atoms with van der Waals surface area (Å²) >= 11 is 0. The first-order valence-electron chi connectivity index (χ1n) is 2.49. The van der Waals surface area contributed by atoms with E-state index in [4.69, 9.17) is 4.84 Å². The number of nitrogens with one attached hydrogen (secondary N) is 1. The zero-order chi connectivity index (χ0) is 6.04. The number of hydroxylamine groups is 1. The SMILES string of the molecule is CNOCC1(C)N=N1. The Bertz CT molecular complexity index is 106. The number of nitrogens with zero attached hydrogens (tertiary/aromatic N) is 2. The molecule has 0 bridgehead atoms. The molecule has 1 heterocycles. The second-order valence-electron chi connectivity index (χ2n) is 1.91. The van der Waals surface area contributed by atoms with Crippen LogP contribution in [0.1, 0.15) is 6.92 Å². The third-order valence-electron chi connectivity index (χ3n) is 0.931. The molecule has 0 radical (unpaired) electrons. The van der Waals surface area contributed by atoms with Crippen LogP contribution >= 0.6 is 0 Å². The average Bonchev–Trinajstić information content (AvgIpc) is 2.45.